The van der Waals surface area contributed by atoms with E-state index in [1.165, 1.54) is 0 Å². The van der Waals surface area contributed by atoms with Crippen molar-refractivity contribution in [1.29, 1.82) is 0 Å². The summed E-state index contributed by atoms with van der Waals surface area (Å²) in [5.74, 6) is 0.200. The summed E-state index contributed by atoms with van der Waals surface area (Å²) in [7, 11) is 0. The van der Waals surface area contributed by atoms with Gasteiger partial charge in [0.25, 0.3) is 0 Å². The van der Waals surface area contributed by atoms with Crippen LogP contribution in [-0.2, 0) is 14.3 Å². The molecule has 0 atom stereocenters. The van der Waals surface area contributed by atoms with E-state index in [-0.39, 0.29) is 23.4 Å². The molecule has 0 aromatic heterocycles. The van der Waals surface area contributed by atoms with E-state index in [0.29, 0.717) is 13.2 Å². The summed E-state index contributed by atoms with van der Waals surface area (Å²) in [4.78, 5) is 12.0. The molecular formula is C16H32O3. The Morgan fingerprint density at radius 1 is 0.895 bits per heavy atom. The molecule has 0 rings (SSSR count). The zero-order valence-electron chi connectivity index (χ0n) is 13.7. The lowest BCUT2D eigenvalue weighted by molar-refractivity contribution is -0.134. The van der Waals surface area contributed by atoms with Gasteiger partial charge in [-0.15, -0.1) is 0 Å². The second-order valence-corrected chi connectivity index (χ2v) is 5.75. The van der Waals surface area contributed by atoms with Crippen LogP contribution in [0.3, 0.4) is 0 Å². The fourth-order valence-corrected chi connectivity index (χ4v) is 1.78. The van der Waals surface area contributed by atoms with Gasteiger partial charge in [0.05, 0.1) is 18.8 Å². The third-order valence-electron chi connectivity index (χ3n) is 4.64. The van der Waals surface area contributed by atoms with Crippen LogP contribution in [0.15, 0.2) is 0 Å². The number of carbonyl (C=O) groups excluding carboxylic acids is 1. The number of carbonyl (C=O) groups is 1. The highest BCUT2D eigenvalue weighted by Gasteiger charge is 2.28. The molecule has 0 saturated heterocycles. The largest absolute Gasteiger partial charge is 0.373 e. The Hall–Kier alpha value is -0.410. The van der Waals surface area contributed by atoms with Crippen molar-refractivity contribution in [1.82, 2.24) is 0 Å². The molecule has 0 heterocycles. The van der Waals surface area contributed by atoms with Crippen LogP contribution in [0.2, 0.25) is 0 Å². The minimum Gasteiger partial charge on any atom is -0.373 e. The maximum atomic E-state index is 12.0. The van der Waals surface area contributed by atoms with E-state index in [0.717, 1.165) is 25.7 Å². The lowest BCUT2D eigenvalue weighted by Crippen LogP contribution is -2.31. The Morgan fingerprint density at radius 3 is 1.84 bits per heavy atom. The number of hydrogen-bond acceptors (Lipinski definition) is 3. The topological polar surface area (TPSA) is 35.5 Å². The molecule has 0 aliphatic heterocycles. The van der Waals surface area contributed by atoms with E-state index < -0.39 is 0 Å². The second kappa shape index (κ2) is 8.70. The van der Waals surface area contributed by atoms with Gasteiger partial charge in [-0.2, -0.15) is 0 Å². The second-order valence-electron chi connectivity index (χ2n) is 5.75. The van der Waals surface area contributed by atoms with Crippen molar-refractivity contribution in [2.75, 3.05) is 19.8 Å². The van der Waals surface area contributed by atoms with Crippen molar-refractivity contribution in [3.8, 4) is 0 Å². The third-order valence-corrected chi connectivity index (χ3v) is 4.64. The van der Waals surface area contributed by atoms with Gasteiger partial charge >= 0.3 is 0 Å². The molecule has 0 saturated carbocycles. The van der Waals surface area contributed by atoms with E-state index in [1.54, 1.807) is 0 Å². The summed E-state index contributed by atoms with van der Waals surface area (Å²) in [6, 6.07) is 0. The number of Topliss-reactive ketones (excluding diaryl/α,β-unsaturated/α-hetero) is 1. The third kappa shape index (κ3) is 6.05. The first-order valence-electron chi connectivity index (χ1n) is 7.62. The number of hydrogen-bond donors (Lipinski definition) is 0. The average molecular weight is 272 g/mol. The zero-order chi connectivity index (χ0) is 14.9. The highest BCUT2D eigenvalue weighted by Crippen LogP contribution is 2.26. The molecule has 0 unspecified atom stereocenters. The molecule has 114 valence electrons. The Morgan fingerprint density at radius 2 is 1.42 bits per heavy atom. The SMILES string of the molecule is CCC(C)(CC)OCCOCC(=O)C(C)(CC)CC. The zero-order valence-corrected chi connectivity index (χ0v) is 13.7. The normalized spacial score (nSPS) is 12.7. The summed E-state index contributed by atoms with van der Waals surface area (Å²) in [5.41, 5.74) is -0.295. The first-order chi connectivity index (χ1) is 8.87. The Bertz CT molecular complexity index is 253. The van der Waals surface area contributed by atoms with Crippen LogP contribution in [0.5, 0.6) is 0 Å². The van der Waals surface area contributed by atoms with Crippen LogP contribution in [0.25, 0.3) is 0 Å². The lowest BCUT2D eigenvalue weighted by atomic mass is 9.81. The molecule has 0 aliphatic carbocycles. The number of ether oxygens (including phenoxy) is 2. The standard InChI is InChI=1S/C16H32O3/c1-7-15(5,8-2)14(17)13-18-11-12-19-16(6,9-3)10-4/h7-13H2,1-6H3. The lowest BCUT2D eigenvalue weighted by Gasteiger charge is -2.27. The average Bonchev–Trinajstić information content (AvgIpc) is 2.45. The van der Waals surface area contributed by atoms with Gasteiger partial charge in [0.1, 0.15) is 6.61 Å². The van der Waals surface area contributed by atoms with E-state index in [2.05, 4.69) is 34.6 Å². The maximum absolute atomic E-state index is 12.0. The molecule has 0 aliphatic rings. The molecule has 0 amide bonds. The van der Waals surface area contributed by atoms with Crippen molar-refractivity contribution in [2.24, 2.45) is 5.41 Å². The Balaban J connectivity index is 3.90. The molecule has 3 nitrogen and oxygen atoms in total. The molecule has 0 spiro atoms. The predicted molar refractivity (Wildman–Crippen MR) is 79.5 cm³/mol. The van der Waals surface area contributed by atoms with Gasteiger partial charge in [0.15, 0.2) is 5.78 Å². The first kappa shape index (κ1) is 18.6. The fourth-order valence-electron chi connectivity index (χ4n) is 1.78. The van der Waals surface area contributed by atoms with Crippen LogP contribution in [0.1, 0.15) is 67.2 Å². The smallest absolute Gasteiger partial charge is 0.164 e. The molecule has 0 aromatic carbocycles. The van der Waals surface area contributed by atoms with Crippen LogP contribution >= 0.6 is 0 Å². The van der Waals surface area contributed by atoms with Crippen LogP contribution in [0, 0.1) is 5.41 Å². The van der Waals surface area contributed by atoms with Crippen molar-refractivity contribution in [2.45, 2.75) is 72.8 Å². The van der Waals surface area contributed by atoms with Crippen LogP contribution < -0.4 is 0 Å². The molecular weight excluding hydrogens is 240 g/mol. The van der Waals surface area contributed by atoms with Gasteiger partial charge < -0.3 is 9.47 Å². The predicted octanol–water partition coefficient (Wildman–Crippen LogP) is 3.99. The summed E-state index contributed by atoms with van der Waals surface area (Å²) in [6.45, 7) is 13.7. The highest BCUT2D eigenvalue weighted by atomic mass is 16.5. The molecule has 0 aromatic rings. The summed E-state index contributed by atoms with van der Waals surface area (Å²) in [6.07, 6.45) is 3.72. The first-order valence-corrected chi connectivity index (χ1v) is 7.62. The van der Waals surface area contributed by atoms with E-state index >= 15 is 0 Å². The van der Waals surface area contributed by atoms with E-state index in [1.807, 2.05) is 6.92 Å². The molecule has 0 bridgehead atoms. The number of ketones is 1. The van der Waals surface area contributed by atoms with Gasteiger partial charge in [-0.3, -0.25) is 4.79 Å². The van der Waals surface area contributed by atoms with Crippen LogP contribution in [0.4, 0.5) is 0 Å². The molecule has 0 N–H and O–H groups in total. The van der Waals surface area contributed by atoms with Gasteiger partial charge in [-0.05, 0) is 32.6 Å². The van der Waals surface area contributed by atoms with E-state index in [9.17, 15) is 4.79 Å². The van der Waals surface area contributed by atoms with Gasteiger partial charge in [-0.1, -0.05) is 34.6 Å². The monoisotopic (exact) mass is 272 g/mol. The van der Waals surface area contributed by atoms with Gasteiger partial charge in [-0.25, -0.2) is 0 Å². The molecule has 19 heavy (non-hydrogen) atoms. The quantitative estimate of drug-likeness (QED) is 0.533. The summed E-state index contributed by atoms with van der Waals surface area (Å²) < 4.78 is 11.3. The molecule has 0 fully saturated rings. The maximum Gasteiger partial charge on any atom is 0.164 e. The van der Waals surface area contributed by atoms with Gasteiger partial charge in [0.2, 0.25) is 0 Å². The number of rotatable bonds is 11. The van der Waals surface area contributed by atoms with Crippen molar-refractivity contribution >= 4 is 5.78 Å². The van der Waals surface area contributed by atoms with Crippen molar-refractivity contribution in [3.05, 3.63) is 0 Å². The minimum absolute atomic E-state index is 0.0608. The fraction of sp³-hybridized carbons (Fsp3) is 0.938. The van der Waals surface area contributed by atoms with E-state index in [4.69, 9.17) is 9.47 Å². The minimum atomic E-state index is -0.234. The van der Waals surface area contributed by atoms with Crippen molar-refractivity contribution < 1.29 is 14.3 Å². The summed E-state index contributed by atoms with van der Waals surface area (Å²) in [5, 5.41) is 0. The summed E-state index contributed by atoms with van der Waals surface area (Å²) >= 11 is 0. The van der Waals surface area contributed by atoms with Gasteiger partial charge in [0, 0.05) is 5.41 Å². The Labute approximate surface area is 119 Å². The van der Waals surface area contributed by atoms with Crippen LogP contribution in [-0.4, -0.2) is 31.2 Å². The Kier molecular flexibility index (Phi) is 8.51. The highest BCUT2D eigenvalue weighted by molar-refractivity contribution is 5.85. The van der Waals surface area contributed by atoms with Crippen molar-refractivity contribution in [3.63, 3.8) is 0 Å². The molecule has 0 radical (unpaired) electrons. The molecule has 3 heteroatoms.